The van der Waals surface area contributed by atoms with Crippen molar-refractivity contribution >= 4 is 24.5 Å². The predicted molar refractivity (Wildman–Crippen MR) is 102 cm³/mol. The summed E-state index contributed by atoms with van der Waals surface area (Å²) in [5.41, 5.74) is 0. The topological polar surface area (TPSA) is 26.3 Å². The Hall–Kier alpha value is -2.10. The zero-order valence-electron chi connectivity index (χ0n) is 13.9. The summed E-state index contributed by atoms with van der Waals surface area (Å²) in [4.78, 5) is 12.0. The number of terminal acetylenes is 1. The van der Waals surface area contributed by atoms with Crippen molar-refractivity contribution in [1.82, 2.24) is 0 Å². The van der Waals surface area contributed by atoms with Gasteiger partial charge in [-0.3, -0.25) is 4.79 Å². The Morgan fingerprint density at radius 1 is 0.958 bits per heavy atom. The largest absolute Gasteiger partial charge is 0.466 e. The molecule has 0 aromatic heterocycles. The average molecular weight is 338 g/mol. The van der Waals surface area contributed by atoms with Crippen molar-refractivity contribution in [3.63, 3.8) is 0 Å². The fourth-order valence-corrected chi connectivity index (χ4v) is 4.70. The zero-order chi connectivity index (χ0) is 17.0. The third kappa shape index (κ3) is 6.19. The molecule has 2 nitrogen and oxygen atoms in total. The second kappa shape index (κ2) is 10.6. The summed E-state index contributed by atoms with van der Waals surface area (Å²) >= 11 is 0. The van der Waals surface area contributed by atoms with E-state index in [9.17, 15) is 4.79 Å². The normalized spacial score (nSPS) is 10.3. The SMILES string of the molecule is C#CCCCCOC(=O)CCP(c1ccccc1)c1ccccc1. The number of rotatable bonds is 9. The first-order valence-corrected chi connectivity index (χ1v) is 9.80. The quantitative estimate of drug-likeness (QED) is 0.300. The monoisotopic (exact) mass is 338 g/mol. The molecule has 0 spiro atoms. The maximum atomic E-state index is 12.0. The van der Waals surface area contributed by atoms with Gasteiger partial charge in [0.25, 0.3) is 0 Å². The standard InChI is InChI=1S/C21H23O2P/c1-2-3-4-11-17-23-21(22)16-18-24(19-12-7-5-8-13-19)20-14-9-6-10-15-20/h1,5-10,12-15H,3-4,11,16-18H2. The molecule has 0 atom stereocenters. The number of esters is 1. The van der Waals surface area contributed by atoms with Crippen LogP contribution in [0.4, 0.5) is 0 Å². The van der Waals surface area contributed by atoms with E-state index in [-0.39, 0.29) is 5.97 Å². The summed E-state index contributed by atoms with van der Waals surface area (Å²) in [5.74, 6) is 2.48. The molecular weight excluding hydrogens is 315 g/mol. The van der Waals surface area contributed by atoms with Gasteiger partial charge in [-0.1, -0.05) is 60.7 Å². The van der Waals surface area contributed by atoms with Gasteiger partial charge >= 0.3 is 5.97 Å². The maximum absolute atomic E-state index is 12.0. The molecule has 0 unspecified atom stereocenters. The summed E-state index contributed by atoms with van der Waals surface area (Å²) < 4.78 is 5.31. The van der Waals surface area contributed by atoms with Crippen molar-refractivity contribution in [2.24, 2.45) is 0 Å². The summed E-state index contributed by atoms with van der Waals surface area (Å²) in [5, 5.41) is 2.58. The van der Waals surface area contributed by atoms with Crippen molar-refractivity contribution in [3.8, 4) is 12.3 Å². The van der Waals surface area contributed by atoms with Crippen LogP contribution in [-0.2, 0) is 9.53 Å². The molecule has 2 aromatic rings. The lowest BCUT2D eigenvalue weighted by Crippen LogP contribution is -2.16. The van der Waals surface area contributed by atoms with Crippen LogP contribution in [0.15, 0.2) is 60.7 Å². The molecule has 0 amide bonds. The fourth-order valence-electron chi connectivity index (χ4n) is 2.41. The number of hydrogen-bond acceptors (Lipinski definition) is 2. The lowest BCUT2D eigenvalue weighted by Gasteiger charge is -2.18. The minimum absolute atomic E-state index is 0.116. The Balaban J connectivity index is 1.90. The lowest BCUT2D eigenvalue weighted by atomic mass is 10.2. The highest BCUT2D eigenvalue weighted by Gasteiger charge is 2.15. The molecule has 0 saturated heterocycles. The Morgan fingerprint density at radius 2 is 1.54 bits per heavy atom. The second-order valence-electron chi connectivity index (χ2n) is 5.45. The van der Waals surface area contributed by atoms with E-state index in [1.54, 1.807) is 0 Å². The molecule has 124 valence electrons. The Bertz CT molecular complexity index is 607. The molecule has 0 saturated carbocycles. The average Bonchev–Trinajstić information content (AvgIpc) is 2.63. The highest BCUT2D eigenvalue weighted by Crippen LogP contribution is 2.34. The van der Waals surface area contributed by atoms with E-state index in [1.165, 1.54) is 10.6 Å². The molecule has 2 rings (SSSR count). The molecule has 0 aliphatic heterocycles. The van der Waals surface area contributed by atoms with Crippen molar-refractivity contribution < 1.29 is 9.53 Å². The lowest BCUT2D eigenvalue weighted by molar-refractivity contribution is -0.143. The minimum Gasteiger partial charge on any atom is -0.466 e. The molecule has 2 aromatic carbocycles. The van der Waals surface area contributed by atoms with Crippen LogP contribution in [0.25, 0.3) is 0 Å². The number of unbranched alkanes of at least 4 members (excludes halogenated alkanes) is 2. The van der Waals surface area contributed by atoms with Crippen molar-refractivity contribution in [2.75, 3.05) is 12.8 Å². The van der Waals surface area contributed by atoms with Gasteiger partial charge in [-0.25, -0.2) is 0 Å². The van der Waals surface area contributed by atoms with Gasteiger partial charge in [0.2, 0.25) is 0 Å². The number of carbonyl (C=O) groups excluding carboxylic acids is 1. The summed E-state index contributed by atoms with van der Waals surface area (Å²) in [7, 11) is -0.535. The molecule has 0 aliphatic carbocycles. The van der Waals surface area contributed by atoms with Gasteiger partial charge in [-0.05, 0) is 37.5 Å². The van der Waals surface area contributed by atoms with Gasteiger partial charge < -0.3 is 4.74 Å². The number of ether oxygens (including phenoxy) is 1. The van der Waals surface area contributed by atoms with Crippen LogP contribution in [0.3, 0.4) is 0 Å². The van der Waals surface area contributed by atoms with Crippen LogP contribution >= 0.6 is 7.92 Å². The number of carbonyl (C=O) groups is 1. The van der Waals surface area contributed by atoms with E-state index >= 15 is 0 Å². The first kappa shape index (κ1) is 18.2. The molecule has 0 N–H and O–H groups in total. The Labute approximate surface area is 146 Å². The summed E-state index contributed by atoms with van der Waals surface area (Å²) in [6.45, 7) is 0.467. The summed E-state index contributed by atoms with van der Waals surface area (Å²) in [6, 6.07) is 20.8. The maximum Gasteiger partial charge on any atom is 0.306 e. The van der Waals surface area contributed by atoms with Gasteiger partial charge in [0, 0.05) is 6.42 Å². The van der Waals surface area contributed by atoms with Crippen molar-refractivity contribution in [3.05, 3.63) is 60.7 Å². The third-order valence-corrected chi connectivity index (χ3v) is 6.17. The van der Waals surface area contributed by atoms with Gasteiger partial charge in [-0.15, -0.1) is 12.3 Å². The molecule has 0 radical (unpaired) electrons. The van der Waals surface area contributed by atoms with Crippen LogP contribution in [0.2, 0.25) is 0 Å². The first-order valence-electron chi connectivity index (χ1n) is 8.28. The van der Waals surface area contributed by atoms with Gasteiger partial charge in [0.15, 0.2) is 0 Å². The van der Waals surface area contributed by atoms with E-state index in [2.05, 4.69) is 54.5 Å². The minimum atomic E-state index is -0.535. The Morgan fingerprint density at radius 3 is 2.08 bits per heavy atom. The van der Waals surface area contributed by atoms with Crippen LogP contribution in [0, 0.1) is 12.3 Å². The second-order valence-corrected chi connectivity index (χ2v) is 7.79. The highest BCUT2D eigenvalue weighted by atomic mass is 31.1. The van der Waals surface area contributed by atoms with Gasteiger partial charge in [0.1, 0.15) is 0 Å². The van der Waals surface area contributed by atoms with Crippen LogP contribution in [0.1, 0.15) is 25.7 Å². The smallest absolute Gasteiger partial charge is 0.306 e. The fraction of sp³-hybridized carbons (Fsp3) is 0.286. The molecule has 0 bridgehead atoms. The third-order valence-electron chi connectivity index (χ3n) is 3.65. The van der Waals surface area contributed by atoms with E-state index < -0.39 is 7.92 Å². The number of hydrogen-bond donors (Lipinski definition) is 0. The van der Waals surface area contributed by atoms with Crippen LogP contribution < -0.4 is 10.6 Å². The first-order chi connectivity index (χ1) is 11.8. The predicted octanol–water partition coefficient (Wildman–Crippen LogP) is 3.86. The van der Waals surface area contributed by atoms with Gasteiger partial charge in [0.05, 0.1) is 13.0 Å². The van der Waals surface area contributed by atoms with Crippen molar-refractivity contribution in [2.45, 2.75) is 25.7 Å². The van der Waals surface area contributed by atoms with E-state index in [1.807, 2.05) is 12.1 Å². The van der Waals surface area contributed by atoms with E-state index in [0.717, 1.165) is 25.4 Å². The number of benzene rings is 2. The zero-order valence-corrected chi connectivity index (χ0v) is 14.8. The van der Waals surface area contributed by atoms with Crippen LogP contribution in [-0.4, -0.2) is 18.7 Å². The van der Waals surface area contributed by atoms with Crippen molar-refractivity contribution in [1.29, 1.82) is 0 Å². The molecule has 0 aliphatic rings. The van der Waals surface area contributed by atoms with Crippen LogP contribution in [0.5, 0.6) is 0 Å². The van der Waals surface area contributed by atoms with E-state index in [0.29, 0.717) is 13.0 Å². The summed E-state index contributed by atoms with van der Waals surface area (Å²) in [6.07, 6.45) is 8.95. The highest BCUT2D eigenvalue weighted by molar-refractivity contribution is 7.73. The Kier molecular flexibility index (Phi) is 8.08. The molecule has 3 heteroatoms. The molecule has 0 fully saturated rings. The van der Waals surface area contributed by atoms with Gasteiger partial charge in [-0.2, -0.15) is 0 Å². The molecular formula is C21H23O2P. The molecule has 24 heavy (non-hydrogen) atoms. The van der Waals surface area contributed by atoms with E-state index in [4.69, 9.17) is 11.2 Å². The molecule has 0 heterocycles.